The smallest absolute Gasteiger partial charge is 0.151 e. The van der Waals surface area contributed by atoms with E-state index in [4.69, 9.17) is 4.74 Å². The van der Waals surface area contributed by atoms with Crippen LogP contribution < -0.4 is 14.5 Å². The Hall–Kier alpha value is -6.06. The van der Waals surface area contributed by atoms with Crippen LogP contribution in [0.4, 0.5) is 34.1 Å². The lowest BCUT2D eigenvalue weighted by Crippen LogP contribution is -2.32. The van der Waals surface area contributed by atoms with Crippen LogP contribution in [0.3, 0.4) is 0 Å². The molecule has 2 aliphatic rings. The van der Waals surface area contributed by atoms with Gasteiger partial charge in [-0.3, -0.25) is 0 Å². The highest BCUT2D eigenvalue weighted by molar-refractivity contribution is 5.94. The van der Waals surface area contributed by atoms with E-state index < -0.39 is 0 Å². The zero-order valence-electron chi connectivity index (χ0n) is 27.0. The molecule has 3 nitrogen and oxygen atoms in total. The van der Waals surface area contributed by atoms with Crippen molar-refractivity contribution in [2.45, 2.75) is 19.3 Å². The van der Waals surface area contributed by atoms with Crippen molar-refractivity contribution >= 4 is 34.1 Å². The highest BCUT2D eigenvalue weighted by Gasteiger charge is 2.41. The van der Waals surface area contributed by atoms with E-state index in [1.807, 2.05) is 6.07 Å². The maximum absolute atomic E-state index is 6.41. The summed E-state index contributed by atoms with van der Waals surface area (Å²) in [4.78, 5) is 4.70. The molecule has 2 aliphatic heterocycles. The largest absolute Gasteiger partial charge is 0.453 e. The van der Waals surface area contributed by atoms with E-state index in [-0.39, 0.29) is 5.41 Å². The second-order valence-electron chi connectivity index (χ2n) is 13.1. The summed E-state index contributed by atoms with van der Waals surface area (Å²) in [6.45, 7) is 4.66. The topological polar surface area (TPSA) is 15.7 Å². The van der Waals surface area contributed by atoms with Crippen LogP contribution in [-0.4, -0.2) is 0 Å². The number of para-hydroxylation sites is 5. The van der Waals surface area contributed by atoms with Gasteiger partial charge in [0.05, 0.1) is 17.1 Å². The summed E-state index contributed by atoms with van der Waals surface area (Å²) >= 11 is 0. The zero-order chi connectivity index (χ0) is 32.2. The number of ether oxygens (including phenoxy) is 1. The standard InChI is InChI=1S/C45H34N2O/c1-45(2)38-22-13-25-43-44(38)47(41-23-9-10-24-42(41)48-43)40-27-26-34(30-39(40)45)32-15-11-14-31(28-32)33-16-12-21-37(29-33)46(35-17-5-3-6-18-35)36-19-7-4-8-20-36/h3-30H,1-2H3. The Balaban J connectivity index is 1.13. The Morgan fingerprint density at radius 1 is 0.438 bits per heavy atom. The third kappa shape index (κ3) is 4.51. The van der Waals surface area contributed by atoms with Gasteiger partial charge < -0.3 is 14.5 Å². The molecule has 2 heterocycles. The zero-order valence-corrected chi connectivity index (χ0v) is 27.0. The summed E-state index contributed by atoms with van der Waals surface area (Å²) in [5.41, 5.74) is 13.9. The van der Waals surface area contributed by atoms with Crippen molar-refractivity contribution in [2.75, 3.05) is 9.80 Å². The van der Waals surface area contributed by atoms with Gasteiger partial charge in [-0.15, -0.1) is 0 Å². The van der Waals surface area contributed by atoms with E-state index in [2.05, 4.69) is 187 Å². The van der Waals surface area contributed by atoms with Gasteiger partial charge in [0.15, 0.2) is 11.5 Å². The van der Waals surface area contributed by atoms with E-state index in [1.54, 1.807) is 0 Å². The van der Waals surface area contributed by atoms with Gasteiger partial charge in [-0.1, -0.05) is 111 Å². The molecule has 0 unspecified atom stereocenters. The molecule has 0 aliphatic carbocycles. The highest BCUT2D eigenvalue weighted by Crippen LogP contribution is 2.60. The number of hydrogen-bond donors (Lipinski definition) is 0. The molecule has 0 fully saturated rings. The number of nitrogens with zero attached hydrogens (tertiary/aromatic N) is 2. The fourth-order valence-electron chi connectivity index (χ4n) is 7.42. The van der Waals surface area contributed by atoms with Crippen LogP contribution in [0.1, 0.15) is 25.0 Å². The fourth-order valence-corrected chi connectivity index (χ4v) is 7.42. The SMILES string of the molecule is CC1(C)c2cc(-c3cccc(-c4cccc(N(c5ccccc5)c5ccccc5)c4)c3)ccc2N2c3ccccc3Oc3cccc1c32. The summed E-state index contributed by atoms with van der Waals surface area (Å²) in [5.74, 6) is 1.78. The third-order valence-corrected chi connectivity index (χ3v) is 9.80. The third-order valence-electron chi connectivity index (χ3n) is 9.80. The van der Waals surface area contributed by atoms with E-state index in [9.17, 15) is 0 Å². The lowest BCUT2D eigenvalue weighted by Gasteiger charge is -2.45. The van der Waals surface area contributed by atoms with Crippen molar-refractivity contribution in [3.8, 4) is 33.8 Å². The molecule has 0 aromatic heterocycles. The van der Waals surface area contributed by atoms with Gasteiger partial charge in [0.25, 0.3) is 0 Å². The first-order chi connectivity index (χ1) is 23.6. The first-order valence-electron chi connectivity index (χ1n) is 16.5. The van der Waals surface area contributed by atoms with Crippen LogP contribution in [-0.2, 0) is 5.41 Å². The van der Waals surface area contributed by atoms with E-state index in [1.165, 1.54) is 39.1 Å². The minimum absolute atomic E-state index is 0.215. The highest BCUT2D eigenvalue weighted by atomic mass is 16.5. The van der Waals surface area contributed by atoms with Crippen molar-refractivity contribution in [3.63, 3.8) is 0 Å². The van der Waals surface area contributed by atoms with Gasteiger partial charge in [0.1, 0.15) is 0 Å². The quantitative estimate of drug-likeness (QED) is 0.191. The molecule has 0 spiro atoms. The second kappa shape index (κ2) is 11.0. The normalized spacial score (nSPS) is 13.5. The van der Waals surface area contributed by atoms with Crippen LogP contribution in [0.2, 0.25) is 0 Å². The van der Waals surface area contributed by atoms with Crippen molar-refractivity contribution in [1.82, 2.24) is 0 Å². The average molecular weight is 619 g/mol. The number of hydrogen-bond acceptors (Lipinski definition) is 3. The van der Waals surface area contributed by atoms with Gasteiger partial charge in [-0.2, -0.15) is 0 Å². The van der Waals surface area contributed by atoms with E-state index in [0.29, 0.717) is 0 Å². The number of fused-ring (bicyclic) bond motifs is 4. The minimum atomic E-state index is -0.215. The summed E-state index contributed by atoms with van der Waals surface area (Å²) < 4.78 is 6.41. The lowest BCUT2D eigenvalue weighted by molar-refractivity contribution is 0.471. The van der Waals surface area contributed by atoms with E-state index >= 15 is 0 Å². The number of anilines is 6. The van der Waals surface area contributed by atoms with Crippen LogP contribution in [0.5, 0.6) is 11.5 Å². The molecule has 3 heteroatoms. The molecule has 0 atom stereocenters. The first kappa shape index (κ1) is 28.2. The Labute approximate surface area is 281 Å². The molecule has 7 aromatic carbocycles. The summed E-state index contributed by atoms with van der Waals surface area (Å²) in [6.07, 6.45) is 0. The molecule has 0 amide bonds. The predicted molar refractivity (Wildman–Crippen MR) is 199 cm³/mol. The maximum atomic E-state index is 6.41. The van der Waals surface area contributed by atoms with Crippen LogP contribution in [0.15, 0.2) is 170 Å². The van der Waals surface area contributed by atoms with Gasteiger partial charge in [-0.05, 0) is 106 Å². The van der Waals surface area contributed by atoms with E-state index in [0.717, 1.165) is 39.9 Å². The van der Waals surface area contributed by atoms with Gasteiger partial charge in [-0.25, -0.2) is 0 Å². The molecule has 230 valence electrons. The lowest BCUT2D eigenvalue weighted by atomic mass is 9.72. The van der Waals surface area contributed by atoms with Crippen LogP contribution >= 0.6 is 0 Å². The molecule has 0 saturated carbocycles. The van der Waals surface area contributed by atoms with Crippen molar-refractivity contribution < 1.29 is 4.74 Å². The average Bonchev–Trinajstić information content (AvgIpc) is 3.14. The van der Waals surface area contributed by atoms with Crippen molar-refractivity contribution in [2.24, 2.45) is 0 Å². The predicted octanol–water partition coefficient (Wildman–Crippen LogP) is 12.7. The molecule has 0 radical (unpaired) electrons. The van der Waals surface area contributed by atoms with Crippen LogP contribution in [0, 0.1) is 0 Å². The number of benzene rings is 7. The van der Waals surface area contributed by atoms with Gasteiger partial charge in [0.2, 0.25) is 0 Å². The molecular formula is C45H34N2O. The molecule has 0 saturated heterocycles. The first-order valence-corrected chi connectivity index (χ1v) is 16.5. The molecule has 7 aromatic rings. The molecular weight excluding hydrogens is 585 g/mol. The fraction of sp³-hybridized carbons (Fsp3) is 0.0667. The van der Waals surface area contributed by atoms with Crippen molar-refractivity contribution in [1.29, 1.82) is 0 Å². The number of rotatable bonds is 5. The maximum Gasteiger partial charge on any atom is 0.151 e. The van der Waals surface area contributed by atoms with Gasteiger partial charge in [0, 0.05) is 22.5 Å². The summed E-state index contributed by atoms with van der Waals surface area (Å²) in [5, 5.41) is 0. The Bertz CT molecular complexity index is 2270. The Morgan fingerprint density at radius 2 is 1.00 bits per heavy atom. The Morgan fingerprint density at radius 3 is 1.73 bits per heavy atom. The summed E-state index contributed by atoms with van der Waals surface area (Å²) in [6, 6.07) is 60.6. The van der Waals surface area contributed by atoms with Crippen molar-refractivity contribution in [3.05, 3.63) is 181 Å². The second-order valence-corrected chi connectivity index (χ2v) is 13.1. The molecule has 0 N–H and O–H groups in total. The Kier molecular flexibility index (Phi) is 6.48. The van der Waals surface area contributed by atoms with Gasteiger partial charge >= 0.3 is 0 Å². The minimum Gasteiger partial charge on any atom is -0.453 e. The monoisotopic (exact) mass is 618 g/mol. The molecule has 48 heavy (non-hydrogen) atoms. The molecule has 0 bridgehead atoms. The summed E-state index contributed by atoms with van der Waals surface area (Å²) in [7, 11) is 0. The van der Waals surface area contributed by atoms with Crippen LogP contribution in [0.25, 0.3) is 22.3 Å². The molecule has 9 rings (SSSR count).